The number of aryl methyl sites for hydroxylation is 1. The van der Waals surface area contributed by atoms with Gasteiger partial charge in [-0.15, -0.1) is 0 Å². The van der Waals surface area contributed by atoms with E-state index in [9.17, 15) is 4.79 Å². The number of ether oxygens (including phenoxy) is 1. The Kier molecular flexibility index (Phi) is 14.3. The summed E-state index contributed by atoms with van der Waals surface area (Å²) in [5, 5.41) is 0. The standard InChI is InChI=1S/C31H45O2/c1-3-5-7-9-10-11-12-14-16-26-33-30-24-22-29(23-25-30)31(32)28-20-18-27(19-21-28)17-15-13-8-6-4-2/h18-25H,1,3-17,26H2,2H3. The summed E-state index contributed by atoms with van der Waals surface area (Å²) in [5.41, 5.74) is 2.79. The molecule has 0 N–H and O–H groups in total. The van der Waals surface area contributed by atoms with Crippen molar-refractivity contribution in [2.24, 2.45) is 0 Å². The van der Waals surface area contributed by atoms with Crippen molar-refractivity contribution in [3.05, 3.63) is 72.1 Å². The predicted molar refractivity (Wildman–Crippen MR) is 141 cm³/mol. The molecule has 0 unspecified atom stereocenters. The van der Waals surface area contributed by atoms with Crippen LogP contribution in [0.1, 0.15) is 118 Å². The van der Waals surface area contributed by atoms with E-state index in [0.717, 1.165) is 37.2 Å². The minimum Gasteiger partial charge on any atom is -0.494 e. The number of hydrogen-bond donors (Lipinski definition) is 0. The fourth-order valence-electron chi connectivity index (χ4n) is 4.15. The first-order chi connectivity index (χ1) is 16.2. The summed E-state index contributed by atoms with van der Waals surface area (Å²) >= 11 is 0. The van der Waals surface area contributed by atoms with E-state index in [0.29, 0.717) is 5.56 Å². The summed E-state index contributed by atoms with van der Waals surface area (Å²) in [7, 11) is 0. The van der Waals surface area contributed by atoms with Crippen LogP contribution in [0.25, 0.3) is 0 Å². The van der Waals surface area contributed by atoms with Gasteiger partial charge in [0.2, 0.25) is 0 Å². The van der Waals surface area contributed by atoms with Crippen molar-refractivity contribution in [3.8, 4) is 5.75 Å². The zero-order valence-corrected chi connectivity index (χ0v) is 21.0. The minimum atomic E-state index is 0.0752. The number of unbranched alkanes of at least 4 members (excludes halogenated alkanes) is 12. The van der Waals surface area contributed by atoms with E-state index < -0.39 is 0 Å². The Morgan fingerprint density at radius 1 is 0.667 bits per heavy atom. The second-order valence-electron chi connectivity index (χ2n) is 9.25. The highest BCUT2D eigenvalue weighted by Crippen LogP contribution is 2.18. The van der Waals surface area contributed by atoms with Crippen LogP contribution in [0.5, 0.6) is 5.75 Å². The van der Waals surface area contributed by atoms with Gasteiger partial charge in [0, 0.05) is 11.1 Å². The molecule has 0 heterocycles. The van der Waals surface area contributed by atoms with Crippen LogP contribution in [-0.2, 0) is 6.42 Å². The third kappa shape index (κ3) is 11.6. The average molecular weight is 450 g/mol. The molecular weight excluding hydrogens is 404 g/mol. The molecule has 0 aliphatic carbocycles. The lowest BCUT2D eigenvalue weighted by Crippen LogP contribution is -2.02. The van der Waals surface area contributed by atoms with Crippen molar-refractivity contribution < 1.29 is 9.53 Å². The van der Waals surface area contributed by atoms with Crippen LogP contribution in [0.3, 0.4) is 0 Å². The Balaban J connectivity index is 1.64. The van der Waals surface area contributed by atoms with Gasteiger partial charge in [0.15, 0.2) is 5.78 Å². The molecule has 0 aromatic heterocycles. The largest absolute Gasteiger partial charge is 0.494 e. The monoisotopic (exact) mass is 449 g/mol. The molecule has 2 rings (SSSR count). The van der Waals surface area contributed by atoms with E-state index >= 15 is 0 Å². The van der Waals surface area contributed by atoms with Crippen LogP contribution >= 0.6 is 0 Å². The fourth-order valence-corrected chi connectivity index (χ4v) is 4.15. The average Bonchev–Trinajstić information content (AvgIpc) is 2.85. The van der Waals surface area contributed by atoms with Gasteiger partial charge in [0.05, 0.1) is 6.61 Å². The Hall–Kier alpha value is -2.09. The molecule has 0 saturated heterocycles. The molecule has 33 heavy (non-hydrogen) atoms. The van der Waals surface area contributed by atoms with Gasteiger partial charge in [-0.25, -0.2) is 0 Å². The van der Waals surface area contributed by atoms with Gasteiger partial charge in [-0.1, -0.05) is 115 Å². The van der Waals surface area contributed by atoms with Gasteiger partial charge in [-0.3, -0.25) is 4.79 Å². The Morgan fingerprint density at radius 2 is 1.18 bits per heavy atom. The molecule has 1 radical (unpaired) electrons. The molecule has 0 fully saturated rings. The highest BCUT2D eigenvalue weighted by atomic mass is 16.5. The van der Waals surface area contributed by atoms with Gasteiger partial charge in [0.1, 0.15) is 5.75 Å². The third-order valence-corrected chi connectivity index (χ3v) is 6.31. The lowest BCUT2D eigenvalue weighted by atomic mass is 10.00. The van der Waals surface area contributed by atoms with Crippen LogP contribution in [-0.4, -0.2) is 12.4 Å². The summed E-state index contributed by atoms with van der Waals surface area (Å²) in [6.07, 6.45) is 18.8. The van der Waals surface area contributed by atoms with Gasteiger partial charge in [0.25, 0.3) is 0 Å². The highest BCUT2D eigenvalue weighted by Gasteiger charge is 2.09. The van der Waals surface area contributed by atoms with Gasteiger partial charge < -0.3 is 4.74 Å². The molecule has 0 spiro atoms. The van der Waals surface area contributed by atoms with Gasteiger partial charge in [-0.05, 0) is 49.1 Å². The van der Waals surface area contributed by atoms with Crippen molar-refractivity contribution in [3.63, 3.8) is 0 Å². The van der Waals surface area contributed by atoms with E-state index in [1.807, 2.05) is 36.4 Å². The second-order valence-corrected chi connectivity index (χ2v) is 9.25. The first-order valence-electron chi connectivity index (χ1n) is 13.4. The highest BCUT2D eigenvalue weighted by molar-refractivity contribution is 6.09. The molecule has 181 valence electrons. The van der Waals surface area contributed by atoms with Crippen molar-refractivity contribution in [2.75, 3.05) is 6.61 Å². The Labute approximate surface area is 203 Å². The van der Waals surface area contributed by atoms with E-state index in [-0.39, 0.29) is 5.78 Å². The van der Waals surface area contributed by atoms with Crippen molar-refractivity contribution in [1.82, 2.24) is 0 Å². The maximum Gasteiger partial charge on any atom is 0.193 e. The van der Waals surface area contributed by atoms with Crippen LogP contribution in [0.4, 0.5) is 0 Å². The lowest BCUT2D eigenvalue weighted by Gasteiger charge is -2.08. The quantitative estimate of drug-likeness (QED) is 0.158. The van der Waals surface area contributed by atoms with Crippen LogP contribution in [0.15, 0.2) is 48.5 Å². The smallest absolute Gasteiger partial charge is 0.193 e. The number of carbonyl (C=O) groups is 1. The Morgan fingerprint density at radius 3 is 1.79 bits per heavy atom. The number of carbonyl (C=O) groups excluding carboxylic acids is 1. The second kappa shape index (κ2) is 17.4. The summed E-state index contributed by atoms with van der Waals surface area (Å²) < 4.78 is 5.87. The maximum absolute atomic E-state index is 12.8. The molecular formula is C31H45O2. The third-order valence-electron chi connectivity index (χ3n) is 6.31. The van der Waals surface area contributed by atoms with Crippen molar-refractivity contribution in [1.29, 1.82) is 0 Å². The Bertz CT molecular complexity index is 745. The predicted octanol–water partition coefficient (Wildman–Crippen LogP) is 9.15. The summed E-state index contributed by atoms with van der Waals surface area (Å²) in [6, 6.07) is 15.7. The van der Waals surface area contributed by atoms with Gasteiger partial charge in [-0.2, -0.15) is 0 Å². The molecule has 2 aromatic carbocycles. The molecule has 0 aliphatic heterocycles. The molecule has 0 amide bonds. The van der Waals surface area contributed by atoms with E-state index in [2.05, 4.69) is 26.0 Å². The molecule has 2 nitrogen and oxygen atoms in total. The zero-order chi connectivity index (χ0) is 23.6. The van der Waals surface area contributed by atoms with Crippen molar-refractivity contribution in [2.45, 2.75) is 103 Å². The number of rotatable bonds is 19. The molecule has 0 aliphatic rings. The summed E-state index contributed by atoms with van der Waals surface area (Å²) in [5.74, 6) is 0.921. The minimum absolute atomic E-state index is 0.0752. The first-order valence-corrected chi connectivity index (χ1v) is 13.4. The number of ketones is 1. The zero-order valence-electron chi connectivity index (χ0n) is 21.0. The molecule has 2 aromatic rings. The number of benzene rings is 2. The summed E-state index contributed by atoms with van der Waals surface area (Å²) in [4.78, 5) is 12.8. The SMILES string of the molecule is [CH2]CCCCCCCCCCOc1ccc(C(=O)c2ccc(CCCCCCC)cc2)cc1. The van der Waals surface area contributed by atoms with Crippen LogP contribution in [0, 0.1) is 6.92 Å². The van der Waals surface area contributed by atoms with E-state index in [1.165, 1.54) is 82.6 Å². The fraction of sp³-hybridized carbons (Fsp3) is 0.548. The van der Waals surface area contributed by atoms with E-state index in [4.69, 9.17) is 4.74 Å². The van der Waals surface area contributed by atoms with Crippen LogP contribution < -0.4 is 4.74 Å². The normalized spacial score (nSPS) is 11.0. The first kappa shape index (κ1) is 27.2. The van der Waals surface area contributed by atoms with E-state index in [1.54, 1.807) is 0 Å². The molecule has 2 heteroatoms. The summed E-state index contributed by atoms with van der Waals surface area (Å²) in [6.45, 7) is 6.88. The number of hydrogen-bond acceptors (Lipinski definition) is 2. The van der Waals surface area contributed by atoms with Crippen LogP contribution in [0.2, 0.25) is 0 Å². The lowest BCUT2D eigenvalue weighted by molar-refractivity contribution is 0.103. The molecule has 0 bridgehead atoms. The molecule has 0 atom stereocenters. The topological polar surface area (TPSA) is 26.3 Å². The van der Waals surface area contributed by atoms with Gasteiger partial charge >= 0.3 is 0 Å². The van der Waals surface area contributed by atoms with Crippen molar-refractivity contribution >= 4 is 5.78 Å². The maximum atomic E-state index is 12.8. The molecule has 0 saturated carbocycles.